The molecular formula is C41H33N7O11S2. The maximum absolute atomic E-state index is 12.5. The summed E-state index contributed by atoms with van der Waals surface area (Å²) in [7, 11) is -5.50. The van der Waals surface area contributed by atoms with Crippen molar-refractivity contribution in [2.75, 3.05) is 27.1 Å². The minimum absolute atomic E-state index is 0.0287. The topological polar surface area (TPSA) is 266 Å². The molecule has 5 N–H and O–H groups in total. The highest BCUT2D eigenvalue weighted by molar-refractivity contribution is 7.86. The average Bonchev–Trinajstić information content (AvgIpc) is 3.24. The first-order valence-electron chi connectivity index (χ1n) is 17.7. The van der Waals surface area contributed by atoms with Gasteiger partial charge in [-0.05, 0) is 82.6 Å². The lowest BCUT2D eigenvalue weighted by Gasteiger charge is -2.11. The fourth-order valence-corrected chi connectivity index (χ4v) is 7.20. The molecule has 0 saturated carbocycles. The van der Waals surface area contributed by atoms with Crippen LogP contribution < -0.4 is 24.1 Å². The third kappa shape index (κ3) is 9.21. The number of methoxy groups -OCH3 is 3. The minimum Gasteiger partial charge on any atom is -0.505 e. The van der Waals surface area contributed by atoms with E-state index in [1.807, 2.05) is 0 Å². The Labute approximate surface area is 348 Å². The molecule has 0 aromatic heterocycles. The molecule has 0 aliphatic rings. The van der Waals surface area contributed by atoms with Crippen molar-refractivity contribution in [2.24, 2.45) is 30.7 Å². The monoisotopic (exact) mass is 863 g/mol. The van der Waals surface area contributed by atoms with Crippen LogP contribution in [0.15, 0.2) is 151 Å². The molecule has 0 amide bonds. The summed E-state index contributed by atoms with van der Waals surface area (Å²) in [5.74, 6) is 0.111. The molecule has 7 aromatic rings. The van der Waals surface area contributed by atoms with Gasteiger partial charge in [0.05, 0.1) is 38.4 Å². The van der Waals surface area contributed by atoms with Gasteiger partial charge in [-0.3, -0.25) is 9.11 Å². The van der Waals surface area contributed by atoms with E-state index < -0.39 is 36.8 Å². The largest absolute Gasteiger partial charge is 0.505 e. The van der Waals surface area contributed by atoms with Gasteiger partial charge in [0.25, 0.3) is 10.1 Å². The van der Waals surface area contributed by atoms with E-state index in [0.29, 0.717) is 50.5 Å². The second-order valence-electron chi connectivity index (χ2n) is 12.9. The molecule has 18 nitrogen and oxygen atoms in total. The minimum atomic E-state index is -4.90. The third-order valence-corrected chi connectivity index (χ3v) is 10.3. The van der Waals surface area contributed by atoms with E-state index in [1.165, 1.54) is 39.5 Å². The van der Waals surface area contributed by atoms with Gasteiger partial charge in [0.2, 0.25) is 0 Å². The highest BCUT2D eigenvalue weighted by Gasteiger charge is 2.23. The van der Waals surface area contributed by atoms with Gasteiger partial charge in [-0.25, -0.2) is 0 Å². The van der Waals surface area contributed by atoms with E-state index in [4.69, 9.17) is 24.1 Å². The van der Waals surface area contributed by atoms with Crippen LogP contribution in [0.1, 0.15) is 0 Å². The molecule has 7 rings (SSSR count). The number of nitrogen functional groups attached to an aromatic ring is 1. The number of benzene rings is 7. The normalized spacial score (nSPS) is 12.2. The Morgan fingerprint density at radius 2 is 1.10 bits per heavy atom. The van der Waals surface area contributed by atoms with Crippen LogP contribution in [0.3, 0.4) is 0 Å². The number of phenolic OH excluding ortho intramolecular Hbond substituents is 1. The Kier molecular flexibility index (Phi) is 11.6. The molecule has 0 bridgehead atoms. The van der Waals surface area contributed by atoms with Gasteiger partial charge in [-0.2, -0.15) is 27.1 Å². The van der Waals surface area contributed by atoms with Crippen molar-refractivity contribution < 1.29 is 49.4 Å². The van der Waals surface area contributed by atoms with Crippen molar-refractivity contribution >= 4 is 81.9 Å². The average molecular weight is 864 g/mol. The summed E-state index contributed by atoms with van der Waals surface area (Å²) in [4.78, 5) is -0.688. The summed E-state index contributed by atoms with van der Waals surface area (Å²) in [5.41, 5.74) is 8.22. The van der Waals surface area contributed by atoms with Gasteiger partial charge in [-0.1, -0.05) is 48.5 Å². The zero-order valence-corrected chi connectivity index (χ0v) is 33.8. The van der Waals surface area contributed by atoms with Crippen molar-refractivity contribution in [3.8, 4) is 39.9 Å². The maximum Gasteiger partial charge on any atom is 0.446 e. The Morgan fingerprint density at radius 1 is 0.541 bits per heavy atom. The van der Waals surface area contributed by atoms with Gasteiger partial charge in [0, 0.05) is 16.8 Å². The number of nitrogens with two attached hydrogens (primary N) is 1. The molecule has 0 radical (unpaired) electrons. The van der Waals surface area contributed by atoms with Gasteiger partial charge in [0.15, 0.2) is 11.5 Å². The lowest BCUT2D eigenvalue weighted by Crippen LogP contribution is -2.07. The molecule has 0 spiro atoms. The second kappa shape index (κ2) is 17.0. The second-order valence-corrected chi connectivity index (χ2v) is 15.3. The predicted molar refractivity (Wildman–Crippen MR) is 226 cm³/mol. The Bertz CT molecular complexity index is 3180. The fraction of sp³-hybridized carbons (Fsp3) is 0.0732. The van der Waals surface area contributed by atoms with Crippen LogP contribution in [0, 0.1) is 0 Å². The van der Waals surface area contributed by atoms with E-state index >= 15 is 0 Å². The molecule has 0 aliphatic carbocycles. The van der Waals surface area contributed by atoms with Crippen molar-refractivity contribution in [1.82, 2.24) is 0 Å². The lowest BCUT2D eigenvalue weighted by molar-refractivity contribution is 0.388. The molecule has 0 heterocycles. The molecular weight excluding hydrogens is 831 g/mol. The predicted octanol–water partition coefficient (Wildman–Crippen LogP) is 10.6. The molecule has 310 valence electrons. The molecule has 0 aliphatic heterocycles. The summed E-state index contributed by atoms with van der Waals surface area (Å²) in [6, 6.07) is 30.3. The van der Waals surface area contributed by atoms with E-state index in [0.717, 1.165) is 6.07 Å². The molecule has 0 unspecified atom stereocenters. The standard InChI is InChI=1S/C41H33N7O11S2/c1-56-35-22-28(13-14-31(35)42)44-43-27-12-8-26-20-38(60(50,51)52)39(40(49)30(26)21-27)48-46-33-16-11-25(19-37(33)58-3)24-10-15-32(36(18-24)57-2)45-47-34-17-9-23-6-4-5-7-29(23)41(34)59-61(53,54)55/h4-22,49H,42H2,1-3H3,(H,50,51,52)(H,53,54,55). The smallest absolute Gasteiger partial charge is 0.446 e. The summed E-state index contributed by atoms with van der Waals surface area (Å²) in [6.07, 6.45) is 0. The van der Waals surface area contributed by atoms with Crippen molar-refractivity contribution in [3.05, 3.63) is 115 Å². The molecule has 7 aromatic carbocycles. The van der Waals surface area contributed by atoms with Gasteiger partial charge in [0.1, 0.15) is 44.9 Å². The highest BCUT2D eigenvalue weighted by atomic mass is 32.3. The first-order valence-corrected chi connectivity index (χ1v) is 20.5. The number of anilines is 1. The molecule has 20 heteroatoms. The lowest BCUT2D eigenvalue weighted by atomic mass is 10.0. The first kappa shape index (κ1) is 41.6. The fourth-order valence-electron chi connectivity index (χ4n) is 6.16. The number of ether oxygens (including phenoxy) is 3. The third-order valence-electron chi connectivity index (χ3n) is 9.08. The Hall–Kier alpha value is -7.52. The van der Waals surface area contributed by atoms with Gasteiger partial charge >= 0.3 is 10.4 Å². The first-order chi connectivity index (χ1) is 29.1. The van der Waals surface area contributed by atoms with E-state index in [9.17, 15) is 31.0 Å². The van der Waals surface area contributed by atoms with Crippen LogP contribution in [-0.2, 0) is 20.5 Å². The maximum atomic E-state index is 12.5. The summed E-state index contributed by atoms with van der Waals surface area (Å²) >= 11 is 0. The Morgan fingerprint density at radius 3 is 1.72 bits per heavy atom. The quantitative estimate of drug-likeness (QED) is 0.0479. The Balaban J connectivity index is 1.19. The van der Waals surface area contributed by atoms with Crippen LogP contribution in [0.4, 0.5) is 39.8 Å². The highest BCUT2D eigenvalue weighted by Crippen LogP contribution is 2.45. The van der Waals surface area contributed by atoms with E-state index in [-0.39, 0.29) is 39.3 Å². The number of hydrogen-bond donors (Lipinski definition) is 4. The van der Waals surface area contributed by atoms with Crippen LogP contribution in [0.2, 0.25) is 0 Å². The number of fused-ring (bicyclic) bond motifs is 2. The van der Waals surface area contributed by atoms with Crippen molar-refractivity contribution in [3.63, 3.8) is 0 Å². The van der Waals surface area contributed by atoms with E-state index in [1.54, 1.807) is 91.0 Å². The number of phenols is 1. The van der Waals surface area contributed by atoms with Crippen LogP contribution >= 0.6 is 0 Å². The molecule has 0 saturated heterocycles. The summed E-state index contributed by atoms with van der Waals surface area (Å²) < 4.78 is 89.1. The summed E-state index contributed by atoms with van der Waals surface area (Å²) in [6.45, 7) is 0. The van der Waals surface area contributed by atoms with Gasteiger partial charge < -0.3 is 29.2 Å². The molecule has 61 heavy (non-hydrogen) atoms. The number of azo groups is 3. The molecule has 0 atom stereocenters. The van der Waals surface area contributed by atoms with Crippen LogP contribution in [-0.4, -0.2) is 52.4 Å². The van der Waals surface area contributed by atoms with Crippen molar-refractivity contribution in [2.45, 2.75) is 4.90 Å². The SMILES string of the molecule is COc1cc(N=Nc2ccc3cc(S(=O)(=O)O)c(N=Nc4ccc(-c5ccc(N=Nc6ccc7ccccc7c6OS(=O)(=O)O)c(OC)c5)cc4OC)c(O)c3c2)ccc1N. The summed E-state index contributed by atoms with van der Waals surface area (Å²) in [5, 5.41) is 37.9. The number of nitrogens with zero attached hydrogens (tertiary/aromatic N) is 6. The van der Waals surface area contributed by atoms with Crippen molar-refractivity contribution in [1.29, 1.82) is 0 Å². The van der Waals surface area contributed by atoms with Crippen LogP contribution in [0.25, 0.3) is 32.7 Å². The number of hydrogen-bond acceptors (Lipinski definition) is 16. The number of rotatable bonds is 13. The number of aromatic hydroxyl groups is 1. The molecule has 0 fully saturated rings. The zero-order valence-electron chi connectivity index (χ0n) is 32.2. The van der Waals surface area contributed by atoms with E-state index in [2.05, 4.69) is 30.7 Å². The van der Waals surface area contributed by atoms with Gasteiger partial charge in [-0.15, -0.1) is 20.5 Å². The van der Waals surface area contributed by atoms with Crippen LogP contribution in [0.5, 0.6) is 28.7 Å². The zero-order chi connectivity index (χ0) is 43.5.